The highest BCUT2D eigenvalue weighted by Crippen LogP contribution is 2.13. The number of thioether (sulfide) groups is 1. The summed E-state index contributed by atoms with van der Waals surface area (Å²) in [4.78, 5) is 0. The predicted molar refractivity (Wildman–Crippen MR) is 62.6 cm³/mol. The van der Waals surface area contributed by atoms with Crippen molar-refractivity contribution in [2.24, 2.45) is 5.92 Å². The number of rotatable bonds is 6. The maximum absolute atomic E-state index is 11.4. The van der Waals surface area contributed by atoms with Crippen molar-refractivity contribution in [1.29, 1.82) is 0 Å². The molecule has 0 unspecified atom stereocenters. The summed E-state index contributed by atoms with van der Waals surface area (Å²) in [5.41, 5.74) is 0. The predicted octanol–water partition coefficient (Wildman–Crippen LogP) is 0.762. The molecule has 1 fully saturated rings. The SMILES string of the molecule is CC(C)S(=O)(=O)CCSCC1CNC1. The van der Waals surface area contributed by atoms with Gasteiger partial charge in [0.25, 0.3) is 0 Å². The molecule has 0 radical (unpaired) electrons. The molecule has 0 aromatic carbocycles. The molecule has 84 valence electrons. The quantitative estimate of drug-likeness (QED) is 0.693. The molecule has 0 amide bonds. The third-order valence-corrected chi connectivity index (χ3v) is 6.12. The van der Waals surface area contributed by atoms with Gasteiger partial charge < -0.3 is 5.32 Å². The summed E-state index contributed by atoms with van der Waals surface area (Å²) in [6.45, 7) is 5.69. The molecule has 0 bridgehead atoms. The van der Waals surface area contributed by atoms with Gasteiger partial charge in [-0.25, -0.2) is 8.42 Å². The van der Waals surface area contributed by atoms with Crippen LogP contribution in [0.25, 0.3) is 0 Å². The summed E-state index contributed by atoms with van der Waals surface area (Å²) in [5, 5.41) is 2.98. The van der Waals surface area contributed by atoms with E-state index in [4.69, 9.17) is 0 Å². The average molecular weight is 237 g/mol. The molecule has 0 spiro atoms. The second-order valence-corrected chi connectivity index (χ2v) is 7.84. The molecule has 1 aliphatic rings. The highest BCUT2D eigenvalue weighted by molar-refractivity contribution is 8.00. The minimum Gasteiger partial charge on any atom is -0.316 e. The lowest BCUT2D eigenvalue weighted by molar-refractivity contribution is 0.385. The van der Waals surface area contributed by atoms with Crippen molar-refractivity contribution in [3.8, 4) is 0 Å². The largest absolute Gasteiger partial charge is 0.316 e. The summed E-state index contributed by atoms with van der Waals surface area (Å²) in [7, 11) is -2.82. The van der Waals surface area contributed by atoms with E-state index in [0.717, 1.165) is 30.5 Å². The Morgan fingerprint density at radius 2 is 2.07 bits per heavy atom. The van der Waals surface area contributed by atoms with Gasteiger partial charge in [0.1, 0.15) is 0 Å². The van der Waals surface area contributed by atoms with Gasteiger partial charge in [0, 0.05) is 5.75 Å². The second-order valence-electron chi connectivity index (χ2n) is 4.01. The van der Waals surface area contributed by atoms with Crippen LogP contribution in [0.4, 0.5) is 0 Å². The van der Waals surface area contributed by atoms with Gasteiger partial charge >= 0.3 is 0 Å². The average Bonchev–Trinajstić information content (AvgIpc) is 2.00. The zero-order valence-electron chi connectivity index (χ0n) is 8.82. The molecule has 1 saturated heterocycles. The second kappa shape index (κ2) is 5.37. The van der Waals surface area contributed by atoms with Crippen LogP contribution >= 0.6 is 11.8 Å². The number of hydrogen-bond donors (Lipinski definition) is 1. The first-order valence-corrected chi connectivity index (χ1v) is 7.89. The van der Waals surface area contributed by atoms with Crippen LogP contribution < -0.4 is 5.32 Å². The van der Waals surface area contributed by atoms with E-state index in [1.165, 1.54) is 0 Å². The molecule has 3 nitrogen and oxygen atoms in total. The van der Waals surface area contributed by atoms with Crippen LogP contribution in [0, 0.1) is 5.92 Å². The van der Waals surface area contributed by atoms with Gasteiger partial charge in [0.05, 0.1) is 11.0 Å². The standard InChI is InChI=1S/C9H19NO2S2/c1-8(2)14(11,12)4-3-13-7-9-5-10-6-9/h8-10H,3-7H2,1-2H3. The molecule has 0 aromatic rings. The van der Waals surface area contributed by atoms with Crippen molar-refractivity contribution >= 4 is 21.6 Å². The van der Waals surface area contributed by atoms with Crippen molar-refractivity contribution < 1.29 is 8.42 Å². The van der Waals surface area contributed by atoms with Crippen LogP contribution in [0.1, 0.15) is 13.8 Å². The highest BCUT2D eigenvalue weighted by atomic mass is 32.2. The minimum atomic E-state index is -2.82. The number of sulfone groups is 1. The van der Waals surface area contributed by atoms with Crippen LogP contribution in [0.5, 0.6) is 0 Å². The fraction of sp³-hybridized carbons (Fsp3) is 1.00. The summed E-state index contributed by atoms with van der Waals surface area (Å²) < 4.78 is 22.9. The Morgan fingerprint density at radius 1 is 1.43 bits per heavy atom. The van der Waals surface area contributed by atoms with E-state index in [0.29, 0.717) is 5.75 Å². The van der Waals surface area contributed by atoms with Gasteiger partial charge in [0.2, 0.25) is 0 Å². The van der Waals surface area contributed by atoms with Gasteiger partial charge in [-0.1, -0.05) is 0 Å². The molecule has 0 aliphatic carbocycles. The van der Waals surface area contributed by atoms with E-state index in [2.05, 4.69) is 5.32 Å². The normalized spacial score (nSPS) is 18.5. The number of nitrogens with one attached hydrogen (secondary N) is 1. The first kappa shape index (κ1) is 12.3. The zero-order valence-corrected chi connectivity index (χ0v) is 10.5. The summed E-state index contributed by atoms with van der Waals surface area (Å²) in [6, 6.07) is 0. The van der Waals surface area contributed by atoms with Crippen LogP contribution in [0.2, 0.25) is 0 Å². The van der Waals surface area contributed by atoms with E-state index in [9.17, 15) is 8.42 Å². The van der Waals surface area contributed by atoms with Gasteiger partial charge in [0.15, 0.2) is 9.84 Å². The van der Waals surface area contributed by atoms with Crippen LogP contribution in [0.3, 0.4) is 0 Å². The van der Waals surface area contributed by atoms with Crippen molar-refractivity contribution in [3.63, 3.8) is 0 Å². The van der Waals surface area contributed by atoms with Crippen molar-refractivity contribution in [2.75, 3.05) is 30.3 Å². The third kappa shape index (κ3) is 3.79. The Labute approximate surface area is 91.0 Å². The lowest BCUT2D eigenvalue weighted by atomic mass is 10.1. The molecule has 0 saturated carbocycles. The van der Waals surface area contributed by atoms with Crippen molar-refractivity contribution in [1.82, 2.24) is 5.32 Å². The maximum atomic E-state index is 11.4. The van der Waals surface area contributed by atoms with Crippen molar-refractivity contribution in [2.45, 2.75) is 19.1 Å². The molecule has 1 aliphatic heterocycles. The van der Waals surface area contributed by atoms with Gasteiger partial charge in [-0.3, -0.25) is 0 Å². The van der Waals surface area contributed by atoms with Gasteiger partial charge in [-0.15, -0.1) is 0 Å². The molecule has 5 heteroatoms. The van der Waals surface area contributed by atoms with Gasteiger partial charge in [-0.2, -0.15) is 11.8 Å². The zero-order chi connectivity index (χ0) is 10.6. The first-order valence-electron chi connectivity index (χ1n) is 5.02. The lowest BCUT2D eigenvalue weighted by Crippen LogP contribution is -2.43. The van der Waals surface area contributed by atoms with E-state index >= 15 is 0 Å². The molecule has 0 aromatic heterocycles. The maximum Gasteiger partial charge on any atom is 0.153 e. The third-order valence-electron chi connectivity index (χ3n) is 2.45. The Morgan fingerprint density at radius 3 is 2.50 bits per heavy atom. The summed E-state index contributed by atoms with van der Waals surface area (Å²) in [6.07, 6.45) is 0. The topological polar surface area (TPSA) is 46.2 Å². The Kier molecular flexibility index (Phi) is 4.73. The molecule has 0 atom stereocenters. The summed E-state index contributed by atoms with van der Waals surface area (Å²) >= 11 is 1.76. The summed E-state index contributed by atoms with van der Waals surface area (Å²) in [5.74, 6) is 2.94. The van der Waals surface area contributed by atoms with E-state index in [1.54, 1.807) is 25.6 Å². The fourth-order valence-corrected chi connectivity index (χ4v) is 3.73. The highest BCUT2D eigenvalue weighted by Gasteiger charge is 2.18. The molecule has 1 N–H and O–H groups in total. The molecule has 1 heterocycles. The monoisotopic (exact) mass is 237 g/mol. The first-order chi connectivity index (χ1) is 6.52. The van der Waals surface area contributed by atoms with Crippen LogP contribution in [-0.4, -0.2) is 44.0 Å². The Balaban J connectivity index is 2.08. The van der Waals surface area contributed by atoms with Crippen LogP contribution in [0.15, 0.2) is 0 Å². The minimum absolute atomic E-state index is 0.228. The van der Waals surface area contributed by atoms with Crippen LogP contribution in [-0.2, 0) is 9.84 Å². The van der Waals surface area contributed by atoms with E-state index in [-0.39, 0.29) is 5.25 Å². The molecule has 14 heavy (non-hydrogen) atoms. The molecular weight excluding hydrogens is 218 g/mol. The number of hydrogen-bond acceptors (Lipinski definition) is 4. The smallest absolute Gasteiger partial charge is 0.153 e. The Bertz CT molecular complexity index is 258. The lowest BCUT2D eigenvalue weighted by Gasteiger charge is -2.26. The fourth-order valence-electron chi connectivity index (χ4n) is 1.13. The van der Waals surface area contributed by atoms with Gasteiger partial charge in [-0.05, 0) is 38.6 Å². The van der Waals surface area contributed by atoms with E-state index in [1.807, 2.05) is 0 Å². The van der Waals surface area contributed by atoms with Crippen molar-refractivity contribution in [3.05, 3.63) is 0 Å². The van der Waals surface area contributed by atoms with E-state index < -0.39 is 9.84 Å². The molecular formula is C9H19NO2S2. The Hall–Kier alpha value is 0.260. The molecule has 1 rings (SSSR count).